The van der Waals surface area contributed by atoms with Crippen LogP contribution in [0.1, 0.15) is 22.3 Å². The monoisotopic (exact) mass is 351 g/mol. The van der Waals surface area contributed by atoms with Gasteiger partial charge in [0.15, 0.2) is 6.61 Å². The van der Waals surface area contributed by atoms with E-state index in [0.717, 1.165) is 38.9 Å². The van der Waals surface area contributed by atoms with Crippen LogP contribution in [0.2, 0.25) is 0 Å². The Kier molecular flexibility index (Phi) is 5.07. The summed E-state index contributed by atoms with van der Waals surface area (Å²) in [6.45, 7) is 5.49. The number of carbonyl (C=O) groups is 2. The van der Waals surface area contributed by atoms with Gasteiger partial charge in [-0.15, -0.1) is 0 Å². The quantitative estimate of drug-likeness (QED) is 0.703. The van der Waals surface area contributed by atoms with Crippen LogP contribution in [0, 0.1) is 20.8 Å². The standard InChI is InChI=1S/C21H21NO4/c1-13-7-8-17-16(11-25-18(17)9-13)10-20(24)26-12-19(23)22-21-14(2)5-4-6-15(21)3/h4-9,11H,10,12H2,1-3H3,(H,22,23). The van der Waals surface area contributed by atoms with Crippen molar-refractivity contribution in [2.75, 3.05) is 11.9 Å². The molecule has 0 bridgehead atoms. The highest BCUT2D eigenvalue weighted by atomic mass is 16.5. The molecule has 3 rings (SSSR count). The molecule has 0 aliphatic rings. The second-order valence-electron chi connectivity index (χ2n) is 6.41. The molecule has 1 aromatic heterocycles. The van der Waals surface area contributed by atoms with Crippen LogP contribution in [0.15, 0.2) is 47.1 Å². The van der Waals surface area contributed by atoms with Gasteiger partial charge in [-0.3, -0.25) is 9.59 Å². The first-order valence-corrected chi connectivity index (χ1v) is 8.42. The third kappa shape index (κ3) is 3.94. The Morgan fingerprint density at radius 2 is 1.81 bits per heavy atom. The van der Waals surface area contributed by atoms with Crippen molar-refractivity contribution in [2.45, 2.75) is 27.2 Å². The van der Waals surface area contributed by atoms with Crippen LogP contribution in [0.4, 0.5) is 5.69 Å². The van der Waals surface area contributed by atoms with Gasteiger partial charge in [-0.05, 0) is 43.5 Å². The van der Waals surface area contributed by atoms with Gasteiger partial charge in [0.05, 0.1) is 12.7 Å². The molecule has 0 aliphatic carbocycles. The van der Waals surface area contributed by atoms with Crippen molar-refractivity contribution in [1.82, 2.24) is 0 Å². The van der Waals surface area contributed by atoms with Crippen LogP contribution in [0.5, 0.6) is 0 Å². The zero-order chi connectivity index (χ0) is 18.7. The molecule has 2 aromatic carbocycles. The predicted octanol–water partition coefficient (Wildman–Crippen LogP) is 4.08. The van der Waals surface area contributed by atoms with E-state index in [9.17, 15) is 9.59 Å². The van der Waals surface area contributed by atoms with Crippen LogP contribution < -0.4 is 5.32 Å². The molecule has 134 valence electrons. The Morgan fingerprint density at radius 1 is 1.08 bits per heavy atom. The Labute approximate surface area is 152 Å². The number of benzene rings is 2. The number of carbonyl (C=O) groups excluding carboxylic acids is 2. The number of amides is 1. The van der Waals surface area contributed by atoms with Crippen LogP contribution in [-0.4, -0.2) is 18.5 Å². The summed E-state index contributed by atoms with van der Waals surface area (Å²) >= 11 is 0. The smallest absolute Gasteiger partial charge is 0.310 e. The number of rotatable bonds is 5. The Morgan fingerprint density at radius 3 is 2.54 bits per heavy atom. The van der Waals surface area contributed by atoms with Gasteiger partial charge < -0.3 is 14.5 Å². The molecule has 1 heterocycles. The molecule has 5 nitrogen and oxygen atoms in total. The number of para-hydroxylation sites is 1. The minimum Gasteiger partial charge on any atom is -0.464 e. The highest BCUT2D eigenvalue weighted by Crippen LogP contribution is 2.23. The first kappa shape index (κ1) is 17.7. The third-order valence-corrected chi connectivity index (χ3v) is 4.26. The number of nitrogens with one attached hydrogen (secondary N) is 1. The van der Waals surface area contributed by atoms with Crippen molar-refractivity contribution in [2.24, 2.45) is 0 Å². The zero-order valence-electron chi connectivity index (χ0n) is 15.1. The summed E-state index contributed by atoms with van der Waals surface area (Å²) in [5.41, 5.74) is 5.25. The van der Waals surface area contributed by atoms with Crippen molar-refractivity contribution in [3.8, 4) is 0 Å². The molecule has 0 saturated heterocycles. The van der Waals surface area contributed by atoms with Gasteiger partial charge >= 0.3 is 5.97 Å². The summed E-state index contributed by atoms with van der Waals surface area (Å²) in [7, 11) is 0. The van der Waals surface area contributed by atoms with E-state index >= 15 is 0 Å². The third-order valence-electron chi connectivity index (χ3n) is 4.26. The van der Waals surface area contributed by atoms with E-state index in [0.29, 0.717) is 0 Å². The first-order chi connectivity index (χ1) is 12.4. The first-order valence-electron chi connectivity index (χ1n) is 8.42. The average molecular weight is 351 g/mol. The van der Waals surface area contributed by atoms with Gasteiger partial charge in [0.1, 0.15) is 5.58 Å². The summed E-state index contributed by atoms with van der Waals surface area (Å²) in [6.07, 6.45) is 1.62. The van der Waals surface area contributed by atoms with Gasteiger partial charge in [-0.2, -0.15) is 0 Å². The maximum Gasteiger partial charge on any atom is 0.310 e. The lowest BCUT2D eigenvalue weighted by Crippen LogP contribution is -2.22. The van der Waals surface area contributed by atoms with Crippen molar-refractivity contribution in [3.63, 3.8) is 0 Å². The number of esters is 1. The fraction of sp³-hybridized carbons (Fsp3) is 0.238. The van der Waals surface area contributed by atoms with Crippen LogP contribution >= 0.6 is 0 Å². The fourth-order valence-electron chi connectivity index (χ4n) is 2.87. The van der Waals surface area contributed by atoms with Crippen molar-refractivity contribution >= 4 is 28.5 Å². The number of aryl methyl sites for hydroxylation is 3. The lowest BCUT2D eigenvalue weighted by atomic mass is 10.1. The molecule has 0 aliphatic heterocycles. The number of hydrogen-bond donors (Lipinski definition) is 1. The number of anilines is 1. The van der Waals surface area contributed by atoms with Crippen molar-refractivity contribution in [1.29, 1.82) is 0 Å². The fourth-order valence-corrected chi connectivity index (χ4v) is 2.87. The zero-order valence-corrected chi connectivity index (χ0v) is 15.1. The number of furan rings is 1. The molecule has 0 radical (unpaired) electrons. The molecule has 0 atom stereocenters. The SMILES string of the molecule is Cc1ccc2c(CC(=O)OCC(=O)Nc3c(C)cccc3C)coc2c1. The van der Waals surface area contributed by atoms with Gasteiger partial charge in [0.2, 0.25) is 0 Å². The van der Waals surface area contributed by atoms with Crippen LogP contribution in [-0.2, 0) is 20.7 Å². The molecule has 26 heavy (non-hydrogen) atoms. The molecule has 3 aromatic rings. The lowest BCUT2D eigenvalue weighted by molar-refractivity contribution is -0.146. The Bertz CT molecular complexity index is 951. The molecule has 0 saturated carbocycles. The molecule has 0 fully saturated rings. The van der Waals surface area contributed by atoms with Crippen LogP contribution in [0.25, 0.3) is 11.0 Å². The van der Waals surface area contributed by atoms with Gasteiger partial charge in [-0.1, -0.05) is 30.3 Å². The summed E-state index contributed by atoms with van der Waals surface area (Å²) in [4.78, 5) is 24.1. The van der Waals surface area contributed by atoms with Crippen molar-refractivity contribution in [3.05, 3.63) is 64.9 Å². The molecular formula is C21H21NO4. The molecule has 0 unspecified atom stereocenters. The molecule has 5 heteroatoms. The summed E-state index contributed by atoms with van der Waals surface area (Å²) in [5, 5.41) is 3.68. The molecule has 0 spiro atoms. The van der Waals surface area contributed by atoms with Gasteiger partial charge in [-0.25, -0.2) is 0 Å². The van der Waals surface area contributed by atoms with E-state index in [2.05, 4.69) is 5.32 Å². The largest absolute Gasteiger partial charge is 0.464 e. The second-order valence-corrected chi connectivity index (χ2v) is 6.41. The minimum atomic E-state index is -0.468. The normalized spacial score (nSPS) is 10.7. The van der Waals surface area contributed by atoms with E-state index in [-0.39, 0.29) is 18.9 Å². The topological polar surface area (TPSA) is 68.5 Å². The molecule has 1 amide bonds. The van der Waals surface area contributed by atoms with E-state index in [1.807, 2.05) is 57.2 Å². The maximum absolute atomic E-state index is 12.1. The highest BCUT2D eigenvalue weighted by Gasteiger charge is 2.14. The summed E-state index contributed by atoms with van der Waals surface area (Å²) in [6, 6.07) is 11.6. The average Bonchev–Trinajstić information content (AvgIpc) is 2.98. The van der Waals surface area contributed by atoms with Gasteiger partial charge in [0.25, 0.3) is 5.91 Å². The predicted molar refractivity (Wildman–Crippen MR) is 100 cm³/mol. The van der Waals surface area contributed by atoms with Crippen molar-refractivity contribution < 1.29 is 18.7 Å². The number of fused-ring (bicyclic) bond motifs is 1. The van der Waals surface area contributed by atoms with E-state index < -0.39 is 5.97 Å². The number of hydrogen-bond acceptors (Lipinski definition) is 4. The maximum atomic E-state index is 12.1. The van der Waals surface area contributed by atoms with E-state index in [1.54, 1.807) is 6.26 Å². The minimum absolute atomic E-state index is 0.0622. The lowest BCUT2D eigenvalue weighted by Gasteiger charge is -2.11. The Balaban J connectivity index is 1.57. The van der Waals surface area contributed by atoms with E-state index in [4.69, 9.17) is 9.15 Å². The molecule has 1 N–H and O–H groups in total. The highest BCUT2D eigenvalue weighted by molar-refractivity contribution is 5.94. The van der Waals surface area contributed by atoms with Gasteiger partial charge in [0, 0.05) is 16.6 Å². The number of ether oxygens (including phenoxy) is 1. The van der Waals surface area contributed by atoms with E-state index in [1.165, 1.54) is 0 Å². The second kappa shape index (κ2) is 7.44. The van der Waals surface area contributed by atoms with Crippen LogP contribution in [0.3, 0.4) is 0 Å². The summed E-state index contributed by atoms with van der Waals surface area (Å²) in [5.74, 6) is -0.826. The summed E-state index contributed by atoms with van der Waals surface area (Å²) < 4.78 is 10.6. The Hall–Kier alpha value is -3.08. The molecular weight excluding hydrogens is 330 g/mol.